The Morgan fingerprint density at radius 1 is 1.03 bits per heavy atom. The second-order valence-corrected chi connectivity index (χ2v) is 8.76. The SMILES string of the molecule is Cc1cc(Br)cc(Br)c1OCC(=O)NNC(=S)NC(=O)COc1ccc(Cl)cc1Cl. The molecule has 0 saturated carbocycles. The minimum Gasteiger partial charge on any atom is -0.482 e. The summed E-state index contributed by atoms with van der Waals surface area (Å²) in [6.07, 6.45) is 0. The van der Waals surface area contributed by atoms with Crippen LogP contribution in [-0.4, -0.2) is 30.1 Å². The number of rotatable bonds is 6. The van der Waals surface area contributed by atoms with E-state index in [1.807, 2.05) is 19.1 Å². The van der Waals surface area contributed by atoms with E-state index in [2.05, 4.69) is 48.0 Å². The summed E-state index contributed by atoms with van der Waals surface area (Å²) >= 11 is 23.5. The summed E-state index contributed by atoms with van der Waals surface area (Å²) in [4.78, 5) is 23.8. The number of hydrazine groups is 1. The number of carbonyl (C=O) groups is 2. The molecule has 30 heavy (non-hydrogen) atoms. The zero-order valence-electron chi connectivity index (χ0n) is 15.4. The molecule has 0 fully saturated rings. The number of thiocarbonyl (C=S) groups is 1. The minimum atomic E-state index is -0.543. The lowest BCUT2D eigenvalue weighted by molar-refractivity contribution is -0.124. The predicted octanol–water partition coefficient (Wildman–Crippen LogP) is 4.31. The molecule has 12 heteroatoms. The Labute approximate surface area is 205 Å². The Balaban J connectivity index is 1.72. The van der Waals surface area contributed by atoms with Crippen molar-refractivity contribution >= 4 is 84.2 Å². The second-order valence-electron chi connectivity index (χ2n) is 5.74. The highest BCUT2D eigenvalue weighted by atomic mass is 79.9. The van der Waals surface area contributed by atoms with E-state index in [4.69, 9.17) is 44.9 Å². The quantitative estimate of drug-likeness (QED) is 0.339. The van der Waals surface area contributed by atoms with Gasteiger partial charge in [0.1, 0.15) is 11.5 Å². The highest BCUT2D eigenvalue weighted by Gasteiger charge is 2.11. The zero-order valence-corrected chi connectivity index (χ0v) is 20.9. The zero-order chi connectivity index (χ0) is 22.3. The van der Waals surface area contributed by atoms with Crippen LogP contribution in [0.15, 0.2) is 39.3 Å². The van der Waals surface area contributed by atoms with E-state index >= 15 is 0 Å². The van der Waals surface area contributed by atoms with Crippen molar-refractivity contribution < 1.29 is 19.1 Å². The minimum absolute atomic E-state index is 0.111. The van der Waals surface area contributed by atoms with E-state index in [0.717, 1.165) is 10.0 Å². The third kappa shape index (κ3) is 7.92. The number of nitrogens with one attached hydrogen (secondary N) is 3. The molecule has 0 aliphatic rings. The Kier molecular flexibility index (Phi) is 9.63. The van der Waals surface area contributed by atoms with Crippen LogP contribution in [0.1, 0.15) is 5.56 Å². The van der Waals surface area contributed by atoms with E-state index in [0.29, 0.717) is 21.0 Å². The van der Waals surface area contributed by atoms with Gasteiger partial charge in [0.2, 0.25) is 0 Å². The van der Waals surface area contributed by atoms with Crippen molar-refractivity contribution in [2.45, 2.75) is 6.92 Å². The fourth-order valence-corrected chi connectivity index (χ4v) is 4.28. The van der Waals surface area contributed by atoms with Crippen molar-refractivity contribution in [3.63, 3.8) is 0 Å². The Morgan fingerprint density at radius 3 is 2.40 bits per heavy atom. The molecule has 0 atom stereocenters. The highest BCUT2D eigenvalue weighted by molar-refractivity contribution is 9.11. The summed E-state index contributed by atoms with van der Waals surface area (Å²) in [7, 11) is 0. The molecule has 0 unspecified atom stereocenters. The van der Waals surface area contributed by atoms with Crippen molar-refractivity contribution in [2.24, 2.45) is 0 Å². The van der Waals surface area contributed by atoms with Crippen molar-refractivity contribution in [1.82, 2.24) is 16.2 Å². The summed E-state index contributed by atoms with van der Waals surface area (Å²) in [5, 5.41) is 2.97. The lowest BCUT2D eigenvalue weighted by Gasteiger charge is -2.14. The molecular weight excluding hydrogens is 585 g/mol. The molecule has 0 spiro atoms. The number of aryl methyl sites for hydroxylation is 1. The van der Waals surface area contributed by atoms with Gasteiger partial charge in [-0.2, -0.15) is 0 Å². The summed E-state index contributed by atoms with van der Waals surface area (Å²) < 4.78 is 12.4. The first-order valence-electron chi connectivity index (χ1n) is 8.20. The molecule has 2 rings (SSSR count). The second kappa shape index (κ2) is 11.7. The third-order valence-corrected chi connectivity index (χ3v) is 5.14. The summed E-state index contributed by atoms with van der Waals surface area (Å²) in [5.41, 5.74) is 5.58. The van der Waals surface area contributed by atoms with E-state index < -0.39 is 11.8 Å². The molecule has 0 bridgehead atoms. The van der Waals surface area contributed by atoms with Crippen LogP contribution >= 0.6 is 67.3 Å². The predicted molar refractivity (Wildman–Crippen MR) is 126 cm³/mol. The normalized spacial score (nSPS) is 10.2. The molecule has 0 heterocycles. The molecule has 160 valence electrons. The van der Waals surface area contributed by atoms with Gasteiger partial charge < -0.3 is 9.47 Å². The molecule has 2 amide bonds. The third-order valence-electron chi connectivity index (χ3n) is 3.36. The van der Waals surface area contributed by atoms with Crippen LogP contribution in [0.3, 0.4) is 0 Å². The molecule has 2 aromatic carbocycles. The fraction of sp³-hybridized carbons (Fsp3) is 0.167. The molecule has 3 N–H and O–H groups in total. The van der Waals surface area contributed by atoms with Gasteiger partial charge in [-0.25, -0.2) is 0 Å². The topological polar surface area (TPSA) is 88.7 Å². The van der Waals surface area contributed by atoms with Crippen molar-refractivity contribution in [3.8, 4) is 11.5 Å². The van der Waals surface area contributed by atoms with Gasteiger partial charge in [0, 0.05) is 9.50 Å². The number of ether oxygens (including phenoxy) is 2. The molecule has 0 aliphatic carbocycles. The largest absolute Gasteiger partial charge is 0.482 e. The number of benzene rings is 2. The smallest absolute Gasteiger partial charge is 0.276 e. The number of hydrogen-bond acceptors (Lipinski definition) is 5. The van der Waals surface area contributed by atoms with Crippen LogP contribution in [0, 0.1) is 6.92 Å². The maximum Gasteiger partial charge on any atom is 0.276 e. The first-order valence-corrected chi connectivity index (χ1v) is 11.0. The number of carbonyl (C=O) groups excluding carboxylic acids is 2. The van der Waals surface area contributed by atoms with Crippen molar-refractivity contribution in [3.05, 3.63) is 54.9 Å². The van der Waals surface area contributed by atoms with Gasteiger partial charge in [-0.1, -0.05) is 39.1 Å². The van der Waals surface area contributed by atoms with Crippen LogP contribution in [0.2, 0.25) is 10.0 Å². The standard InChI is InChI=1S/C18H15Br2Cl2N3O4S/c1-9-4-10(19)5-12(20)17(9)29-8-16(27)24-25-18(30)23-15(26)7-28-14-3-2-11(21)6-13(14)22/h2-6H,7-8H2,1H3,(H,24,27)(H2,23,25,26,30). The molecule has 2 aromatic rings. The number of halogens is 4. The average molecular weight is 600 g/mol. The van der Waals surface area contributed by atoms with Crippen LogP contribution in [0.4, 0.5) is 0 Å². The van der Waals surface area contributed by atoms with Gasteiger partial charge in [-0.3, -0.25) is 25.8 Å². The highest BCUT2D eigenvalue weighted by Crippen LogP contribution is 2.32. The van der Waals surface area contributed by atoms with Gasteiger partial charge in [-0.15, -0.1) is 0 Å². The van der Waals surface area contributed by atoms with Crippen LogP contribution in [-0.2, 0) is 9.59 Å². The first kappa shape index (κ1) is 24.7. The Hall–Kier alpha value is -1.59. The molecule has 0 aliphatic heterocycles. The maximum atomic E-state index is 11.9. The molecule has 0 aromatic heterocycles. The van der Waals surface area contributed by atoms with Gasteiger partial charge in [0.25, 0.3) is 11.8 Å². The number of amides is 2. The van der Waals surface area contributed by atoms with E-state index in [1.165, 1.54) is 6.07 Å². The Morgan fingerprint density at radius 2 is 1.73 bits per heavy atom. The van der Waals surface area contributed by atoms with Crippen LogP contribution < -0.4 is 25.6 Å². The lowest BCUT2D eigenvalue weighted by atomic mass is 10.2. The molecule has 0 radical (unpaired) electrons. The van der Waals surface area contributed by atoms with Gasteiger partial charge in [0.15, 0.2) is 18.3 Å². The van der Waals surface area contributed by atoms with E-state index in [-0.39, 0.29) is 23.3 Å². The monoisotopic (exact) mass is 597 g/mol. The summed E-state index contributed by atoms with van der Waals surface area (Å²) in [5.74, 6) is -0.194. The van der Waals surface area contributed by atoms with Gasteiger partial charge in [-0.05, 0) is 71.0 Å². The van der Waals surface area contributed by atoms with E-state index in [9.17, 15) is 9.59 Å². The molecule has 7 nitrogen and oxygen atoms in total. The molecule has 0 saturated heterocycles. The average Bonchev–Trinajstić information content (AvgIpc) is 2.64. The lowest BCUT2D eigenvalue weighted by Crippen LogP contribution is -2.50. The van der Waals surface area contributed by atoms with Gasteiger partial charge >= 0.3 is 0 Å². The Bertz CT molecular complexity index is 955. The van der Waals surface area contributed by atoms with Crippen LogP contribution in [0.25, 0.3) is 0 Å². The molecular formula is C18H15Br2Cl2N3O4S. The number of hydrogen-bond donors (Lipinski definition) is 3. The van der Waals surface area contributed by atoms with Crippen LogP contribution in [0.5, 0.6) is 11.5 Å². The maximum absolute atomic E-state index is 11.9. The summed E-state index contributed by atoms with van der Waals surface area (Å²) in [6.45, 7) is 1.25. The van der Waals surface area contributed by atoms with Gasteiger partial charge in [0.05, 0.1) is 9.50 Å². The van der Waals surface area contributed by atoms with E-state index in [1.54, 1.807) is 12.1 Å². The van der Waals surface area contributed by atoms with Crippen molar-refractivity contribution in [2.75, 3.05) is 13.2 Å². The van der Waals surface area contributed by atoms with Crippen molar-refractivity contribution in [1.29, 1.82) is 0 Å². The first-order chi connectivity index (χ1) is 14.2. The fourth-order valence-electron chi connectivity index (χ4n) is 2.10. The summed E-state index contributed by atoms with van der Waals surface area (Å²) in [6, 6.07) is 8.29.